The summed E-state index contributed by atoms with van der Waals surface area (Å²) < 4.78 is 2.34. The molecule has 2 aromatic carbocycles. The van der Waals surface area contributed by atoms with Gasteiger partial charge in [-0.15, -0.1) is 0 Å². The van der Waals surface area contributed by atoms with Crippen LogP contribution in [0.3, 0.4) is 0 Å². The van der Waals surface area contributed by atoms with E-state index in [0.717, 1.165) is 24.6 Å². The summed E-state index contributed by atoms with van der Waals surface area (Å²) in [4.78, 5) is 7.02. The molecule has 0 saturated heterocycles. The predicted octanol–water partition coefficient (Wildman–Crippen LogP) is 3.27. The van der Waals surface area contributed by atoms with E-state index in [4.69, 9.17) is 4.98 Å². The maximum atomic E-state index is 4.75. The van der Waals surface area contributed by atoms with E-state index in [1.165, 1.54) is 11.1 Å². The van der Waals surface area contributed by atoms with Crippen LogP contribution in [0, 0.1) is 0 Å². The van der Waals surface area contributed by atoms with Crippen molar-refractivity contribution in [1.29, 1.82) is 0 Å². The quantitative estimate of drug-likeness (QED) is 0.672. The second kappa shape index (κ2) is 4.37. The maximum absolute atomic E-state index is 4.75. The van der Waals surface area contributed by atoms with Gasteiger partial charge >= 0.3 is 0 Å². The van der Waals surface area contributed by atoms with Gasteiger partial charge in [0.1, 0.15) is 0 Å². The first-order chi connectivity index (χ1) is 9.83. The predicted molar refractivity (Wildman–Crippen MR) is 82.2 cm³/mol. The molecule has 100 valence electrons. The van der Waals surface area contributed by atoms with Crippen LogP contribution < -0.4 is 4.90 Å². The van der Waals surface area contributed by atoms with Gasteiger partial charge in [0.05, 0.1) is 11.0 Å². The molecule has 1 unspecified atom stereocenters. The molecule has 0 spiro atoms. The van der Waals surface area contributed by atoms with Crippen LogP contribution in [0.1, 0.15) is 11.5 Å². The molecule has 0 amide bonds. The molecule has 0 saturated carbocycles. The standard InChI is InChI=1S/C17H17N3/c1-19-11-14(13-7-3-2-4-8-13)12-20-16-10-6-5-9-15(16)18-17(19)20/h2-10,14H,11-12H2,1H3. The summed E-state index contributed by atoms with van der Waals surface area (Å²) in [6, 6.07) is 19.2. The van der Waals surface area contributed by atoms with E-state index in [1.807, 2.05) is 0 Å². The Balaban J connectivity index is 1.82. The summed E-state index contributed by atoms with van der Waals surface area (Å²) in [6.45, 7) is 2.03. The van der Waals surface area contributed by atoms with Crippen molar-refractivity contribution >= 4 is 17.0 Å². The van der Waals surface area contributed by atoms with Crippen molar-refractivity contribution in [2.24, 2.45) is 0 Å². The van der Waals surface area contributed by atoms with Crippen molar-refractivity contribution in [2.45, 2.75) is 12.5 Å². The molecule has 20 heavy (non-hydrogen) atoms. The third kappa shape index (κ3) is 1.70. The highest BCUT2D eigenvalue weighted by Gasteiger charge is 2.26. The van der Waals surface area contributed by atoms with Gasteiger partial charge in [0.15, 0.2) is 0 Å². The van der Waals surface area contributed by atoms with Crippen LogP contribution in [-0.4, -0.2) is 23.1 Å². The largest absolute Gasteiger partial charge is 0.345 e. The summed E-state index contributed by atoms with van der Waals surface area (Å²) in [7, 11) is 2.13. The smallest absolute Gasteiger partial charge is 0.206 e. The fraction of sp³-hybridized carbons (Fsp3) is 0.235. The number of para-hydroxylation sites is 2. The summed E-state index contributed by atoms with van der Waals surface area (Å²) in [5, 5.41) is 0. The monoisotopic (exact) mass is 263 g/mol. The van der Waals surface area contributed by atoms with Crippen molar-refractivity contribution in [3.8, 4) is 0 Å². The molecule has 0 aliphatic carbocycles. The average Bonchev–Trinajstić information content (AvgIpc) is 2.88. The molecule has 3 aromatic rings. The fourth-order valence-corrected chi connectivity index (χ4v) is 3.16. The molecule has 1 aromatic heterocycles. The lowest BCUT2D eigenvalue weighted by Crippen LogP contribution is -2.34. The maximum Gasteiger partial charge on any atom is 0.206 e. The average molecular weight is 263 g/mol. The summed E-state index contributed by atoms with van der Waals surface area (Å²) in [5.41, 5.74) is 3.72. The summed E-state index contributed by atoms with van der Waals surface area (Å²) in [6.07, 6.45) is 0. The number of fused-ring (bicyclic) bond motifs is 3. The second-order valence-electron chi connectivity index (χ2n) is 5.50. The van der Waals surface area contributed by atoms with E-state index in [9.17, 15) is 0 Å². The minimum absolute atomic E-state index is 0.520. The van der Waals surface area contributed by atoms with Crippen LogP contribution in [0.4, 0.5) is 5.95 Å². The Labute approximate surface area is 118 Å². The second-order valence-corrected chi connectivity index (χ2v) is 5.50. The number of likely N-dealkylation sites (N-methyl/N-ethyl adjacent to an activating group) is 1. The minimum Gasteiger partial charge on any atom is -0.345 e. The molecule has 0 fully saturated rings. The zero-order valence-corrected chi connectivity index (χ0v) is 11.5. The van der Waals surface area contributed by atoms with Gasteiger partial charge in [0, 0.05) is 26.1 Å². The highest BCUT2D eigenvalue weighted by atomic mass is 15.3. The Morgan fingerprint density at radius 2 is 1.70 bits per heavy atom. The Morgan fingerprint density at radius 1 is 0.950 bits per heavy atom. The number of imidazole rings is 1. The molecule has 2 heterocycles. The van der Waals surface area contributed by atoms with Gasteiger partial charge < -0.3 is 9.47 Å². The van der Waals surface area contributed by atoms with E-state index in [0.29, 0.717) is 5.92 Å². The first kappa shape index (κ1) is 11.5. The van der Waals surface area contributed by atoms with Crippen molar-refractivity contribution in [2.75, 3.05) is 18.5 Å². The molecule has 0 bridgehead atoms. The number of anilines is 1. The number of aromatic nitrogens is 2. The third-order valence-corrected chi connectivity index (χ3v) is 4.14. The molecule has 1 aliphatic heterocycles. The van der Waals surface area contributed by atoms with Gasteiger partial charge in [-0.25, -0.2) is 4.98 Å². The number of rotatable bonds is 1. The lowest BCUT2D eigenvalue weighted by atomic mass is 9.97. The molecule has 1 aliphatic rings. The summed E-state index contributed by atoms with van der Waals surface area (Å²) in [5.74, 6) is 1.60. The van der Waals surface area contributed by atoms with Gasteiger partial charge in [-0.2, -0.15) is 0 Å². The number of benzene rings is 2. The normalized spacial score (nSPS) is 18.2. The molecule has 3 heteroatoms. The van der Waals surface area contributed by atoms with Gasteiger partial charge in [0.2, 0.25) is 5.95 Å². The zero-order valence-electron chi connectivity index (χ0n) is 11.5. The minimum atomic E-state index is 0.520. The van der Waals surface area contributed by atoms with Crippen LogP contribution in [0.5, 0.6) is 0 Å². The molecule has 1 atom stereocenters. The van der Waals surface area contributed by atoms with Crippen LogP contribution in [0.25, 0.3) is 11.0 Å². The third-order valence-electron chi connectivity index (χ3n) is 4.14. The van der Waals surface area contributed by atoms with Crippen molar-refractivity contribution in [3.63, 3.8) is 0 Å². The number of nitrogens with zero attached hydrogens (tertiary/aromatic N) is 3. The highest BCUT2D eigenvalue weighted by Crippen LogP contribution is 2.31. The van der Waals surface area contributed by atoms with Crippen molar-refractivity contribution in [1.82, 2.24) is 9.55 Å². The first-order valence-corrected chi connectivity index (χ1v) is 7.04. The van der Waals surface area contributed by atoms with E-state index in [1.54, 1.807) is 0 Å². The Bertz CT molecular complexity index is 745. The van der Waals surface area contributed by atoms with Crippen molar-refractivity contribution in [3.05, 3.63) is 60.2 Å². The first-order valence-electron chi connectivity index (χ1n) is 7.04. The molecule has 0 radical (unpaired) electrons. The molecular weight excluding hydrogens is 246 g/mol. The number of hydrogen-bond acceptors (Lipinski definition) is 2. The molecule has 0 N–H and O–H groups in total. The van der Waals surface area contributed by atoms with E-state index < -0.39 is 0 Å². The Hall–Kier alpha value is -2.29. The molecular formula is C17H17N3. The van der Waals surface area contributed by atoms with E-state index in [-0.39, 0.29) is 0 Å². The SMILES string of the molecule is CN1CC(c2ccccc2)Cn2c1nc1ccccc12. The van der Waals surface area contributed by atoms with E-state index in [2.05, 4.69) is 71.1 Å². The Kier molecular flexibility index (Phi) is 2.52. The number of hydrogen-bond donors (Lipinski definition) is 0. The lowest BCUT2D eigenvalue weighted by Gasteiger charge is -2.32. The van der Waals surface area contributed by atoms with E-state index >= 15 is 0 Å². The van der Waals surface area contributed by atoms with Crippen LogP contribution in [0.2, 0.25) is 0 Å². The Morgan fingerprint density at radius 3 is 2.55 bits per heavy atom. The molecule has 4 rings (SSSR count). The zero-order chi connectivity index (χ0) is 13.5. The van der Waals surface area contributed by atoms with Gasteiger partial charge in [-0.1, -0.05) is 42.5 Å². The van der Waals surface area contributed by atoms with Crippen LogP contribution in [-0.2, 0) is 6.54 Å². The van der Waals surface area contributed by atoms with Gasteiger partial charge in [-0.05, 0) is 17.7 Å². The van der Waals surface area contributed by atoms with Gasteiger partial charge in [0.25, 0.3) is 0 Å². The van der Waals surface area contributed by atoms with Crippen LogP contribution in [0.15, 0.2) is 54.6 Å². The van der Waals surface area contributed by atoms with Gasteiger partial charge in [-0.3, -0.25) is 0 Å². The molecule has 3 nitrogen and oxygen atoms in total. The topological polar surface area (TPSA) is 21.1 Å². The van der Waals surface area contributed by atoms with Crippen molar-refractivity contribution < 1.29 is 0 Å². The van der Waals surface area contributed by atoms with Crippen LogP contribution >= 0.6 is 0 Å². The fourth-order valence-electron chi connectivity index (χ4n) is 3.16. The highest BCUT2D eigenvalue weighted by molar-refractivity contribution is 5.79. The lowest BCUT2D eigenvalue weighted by molar-refractivity contribution is 0.518. The summed E-state index contributed by atoms with van der Waals surface area (Å²) >= 11 is 0.